The third-order valence-electron chi connectivity index (χ3n) is 5.02. The SMILES string of the molecule is Clc1ccc(C2=N[C@]3(CC4CCC3CC4)NN2)cc1Cl. The number of nitrogens with one attached hydrogen (secondary N) is 2. The van der Waals surface area contributed by atoms with E-state index in [9.17, 15) is 0 Å². The summed E-state index contributed by atoms with van der Waals surface area (Å²) in [5, 5.41) is 1.15. The van der Waals surface area contributed by atoms with Gasteiger partial charge in [-0.2, -0.15) is 0 Å². The Kier molecular flexibility index (Phi) is 2.99. The Balaban J connectivity index is 1.67. The average Bonchev–Trinajstić information content (AvgIpc) is 2.87. The summed E-state index contributed by atoms with van der Waals surface area (Å²) in [6, 6.07) is 5.65. The highest BCUT2D eigenvalue weighted by Crippen LogP contribution is 2.48. The first kappa shape index (κ1) is 12.9. The largest absolute Gasteiger partial charge is 0.303 e. The molecule has 106 valence electrons. The lowest BCUT2D eigenvalue weighted by Crippen LogP contribution is -2.56. The molecule has 2 N–H and O–H groups in total. The Morgan fingerprint density at radius 1 is 1.10 bits per heavy atom. The van der Waals surface area contributed by atoms with Crippen LogP contribution in [0.4, 0.5) is 0 Å². The van der Waals surface area contributed by atoms with E-state index in [1.165, 1.54) is 25.7 Å². The molecule has 1 spiro atoms. The van der Waals surface area contributed by atoms with Crippen LogP contribution >= 0.6 is 23.2 Å². The van der Waals surface area contributed by atoms with Crippen molar-refractivity contribution in [1.29, 1.82) is 0 Å². The van der Waals surface area contributed by atoms with E-state index in [-0.39, 0.29) is 5.66 Å². The normalized spacial score (nSPS) is 35.2. The van der Waals surface area contributed by atoms with Gasteiger partial charge in [-0.05, 0) is 62.1 Å². The van der Waals surface area contributed by atoms with Crippen molar-refractivity contribution in [2.45, 2.75) is 37.8 Å². The number of fused-ring (bicyclic) bond motifs is 2. The highest BCUT2D eigenvalue weighted by molar-refractivity contribution is 6.42. The monoisotopic (exact) mass is 309 g/mol. The molecule has 0 saturated heterocycles. The second-order valence-electron chi connectivity index (χ2n) is 6.19. The van der Waals surface area contributed by atoms with Gasteiger partial charge in [-0.15, -0.1) is 0 Å². The predicted octanol–water partition coefficient (Wildman–Crippen LogP) is 3.75. The summed E-state index contributed by atoms with van der Waals surface area (Å²) in [5.74, 6) is 2.36. The molecule has 0 amide bonds. The number of hydrogen-bond acceptors (Lipinski definition) is 3. The number of nitrogens with zero attached hydrogens (tertiary/aromatic N) is 1. The Hall–Kier alpha value is -0.770. The summed E-state index contributed by atoms with van der Waals surface area (Å²) in [6.45, 7) is 0. The van der Waals surface area contributed by atoms with Gasteiger partial charge in [0.15, 0.2) is 0 Å². The van der Waals surface area contributed by atoms with Gasteiger partial charge in [0.25, 0.3) is 0 Å². The number of amidine groups is 1. The van der Waals surface area contributed by atoms with Crippen LogP contribution in [-0.2, 0) is 0 Å². The molecule has 0 radical (unpaired) electrons. The molecule has 1 atom stereocenters. The molecule has 1 heterocycles. The summed E-state index contributed by atoms with van der Waals surface area (Å²) in [6.07, 6.45) is 6.46. The van der Waals surface area contributed by atoms with Crippen molar-refractivity contribution >= 4 is 29.0 Å². The zero-order valence-corrected chi connectivity index (χ0v) is 12.6. The molecule has 1 aliphatic heterocycles. The van der Waals surface area contributed by atoms with E-state index in [1.807, 2.05) is 18.2 Å². The van der Waals surface area contributed by atoms with Crippen molar-refractivity contribution in [3.8, 4) is 0 Å². The summed E-state index contributed by atoms with van der Waals surface area (Å²) in [5.41, 5.74) is 7.62. The van der Waals surface area contributed by atoms with Gasteiger partial charge in [0.05, 0.1) is 10.0 Å². The molecule has 2 bridgehead atoms. The van der Waals surface area contributed by atoms with Crippen molar-refractivity contribution in [3.63, 3.8) is 0 Å². The van der Waals surface area contributed by atoms with E-state index >= 15 is 0 Å². The van der Waals surface area contributed by atoms with Crippen LogP contribution in [-0.4, -0.2) is 11.5 Å². The van der Waals surface area contributed by atoms with E-state index < -0.39 is 0 Å². The van der Waals surface area contributed by atoms with Crippen LogP contribution in [0.1, 0.15) is 37.7 Å². The second kappa shape index (κ2) is 4.62. The molecule has 3 saturated carbocycles. The van der Waals surface area contributed by atoms with Crippen LogP contribution in [0, 0.1) is 11.8 Å². The van der Waals surface area contributed by atoms with Crippen molar-refractivity contribution in [2.75, 3.05) is 0 Å². The lowest BCUT2D eigenvalue weighted by molar-refractivity contribution is 0.0506. The minimum Gasteiger partial charge on any atom is -0.303 e. The number of benzene rings is 1. The molecule has 3 fully saturated rings. The van der Waals surface area contributed by atoms with Crippen LogP contribution in [0.3, 0.4) is 0 Å². The highest BCUT2D eigenvalue weighted by Gasteiger charge is 2.49. The van der Waals surface area contributed by atoms with Gasteiger partial charge in [-0.25, -0.2) is 10.4 Å². The Bertz CT molecular complexity index is 578. The van der Waals surface area contributed by atoms with Crippen molar-refractivity contribution < 1.29 is 0 Å². The van der Waals surface area contributed by atoms with Crippen molar-refractivity contribution in [2.24, 2.45) is 16.8 Å². The maximum Gasteiger partial charge on any atom is 0.144 e. The molecule has 0 unspecified atom stereocenters. The Morgan fingerprint density at radius 3 is 2.55 bits per heavy atom. The predicted molar refractivity (Wildman–Crippen MR) is 82.1 cm³/mol. The van der Waals surface area contributed by atoms with Crippen LogP contribution in [0.15, 0.2) is 23.2 Å². The molecule has 5 rings (SSSR count). The molecule has 3 nitrogen and oxygen atoms in total. The molecule has 5 heteroatoms. The van der Waals surface area contributed by atoms with Gasteiger partial charge in [0, 0.05) is 5.56 Å². The molecule has 0 aromatic heterocycles. The van der Waals surface area contributed by atoms with Crippen LogP contribution in [0.25, 0.3) is 0 Å². The number of hydrazine groups is 1. The lowest BCUT2D eigenvalue weighted by atomic mass is 9.65. The molecule has 3 aliphatic carbocycles. The van der Waals surface area contributed by atoms with E-state index in [1.54, 1.807) is 0 Å². The van der Waals surface area contributed by atoms with Crippen molar-refractivity contribution in [1.82, 2.24) is 10.9 Å². The van der Waals surface area contributed by atoms with Gasteiger partial charge in [-0.1, -0.05) is 23.2 Å². The summed E-state index contributed by atoms with van der Waals surface area (Å²) < 4.78 is 0. The lowest BCUT2D eigenvalue weighted by Gasteiger charge is -2.47. The first-order valence-electron chi connectivity index (χ1n) is 7.25. The Morgan fingerprint density at radius 2 is 1.90 bits per heavy atom. The van der Waals surface area contributed by atoms with E-state index in [2.05, 4.69) is 10.9 Å². The summed E-state index contributed by atoms with van der Waals surface area (Å²) in [7, 11) is 0. The maximum atomic E-state index is 6.10. The average molecular weight is 310 g/mol. The molecule has 20 heavy (non-hydrogen) atoms. The topological polar surface area (TPSA) is 36.4 Å². The van der Waals surface area contributed by atoms with E-state index in [0.29, 0.717) is 16.0 Å². The molecule has 1 aromatic rings. The summed E-state index contributed by atoms with van der Waals surface area (Å²) >= 11 is 12.1. The fourth-order valence-electron chi connectivity index (χ4n) is 3.94. The first-order valence-corrected chi connectivity index (χ1v) is 8.00. The van der Waals surface area contributed by atoms with Crippen molar-refractivity contribution in [3.05, 3.63) is 33.8 Å². The zero-order chi connectivity index (χ0) is 13.7. The van der Waals surface area contributed by atoms with Crippen LogP contribution < -0.4 is 10.9 Å². The second-order valence-corrected chi connectivity index (χ2v) is 7.00. The standard InChI is InChI=1S/C15H17Cl2N3/c16-12-6-3-10(7-13(12)17)14-18-15(20-19-14)8-9-1-4-11(15)5-2-9/h3,6-7,9,11,20H,1-2,4-5,8H2,(H,18,19)/t9?,11?,15-/m1/s1. The fraction of sp³-hybridized carbons (Fsp3) is 0.533. The third-order valence-corrected chi connectivity index (χ3v) is 5.76. The summed E-state index contributed by atoms with van der Waals surface area (Å²) in [4.78, 5) is 5.00. The first-order chi connectivity index (χ1) is 9.66. The number of aliphatic imine (C=N–C) groups is 1. The molecular formula is C15H17Cl2N3. The quantitative estimate of drug-likeness (QED) is 0.829. The smallest absolute Gasteiger partial charge is 0.144 e. The van der Waals surface area contributed by atoms with E-state index in [0.717, 1.165) is 23.7 Å². The minimum atomic E-state index is -0.0946. The Labute approximate surface area is 128 Å². The maximum absolute atomic E-state index is 6.10. The zero-order valence-electron chi connectivity index (χ0n) is 11.1. The van der Waals surface area contributed by atoms with Gasteiger partial charge < -0.3 is 5.43 Å². The fourth-order valence-corrected chi connectivity index (χ4v) is 4.24. The molecule has 1 aromatic carbocycles. The number of halogens is 2. The van der Waals surface area contributed by atoms with Gasteiger partial charge in [-0.3, -0.25) is 0 Å². The molecule has 4 aliphatic rings. The number of rotatable bonds is 1. The molecular weight excluding hydrogens is 293 g/mol. The van der Waals surface area contributed by atoms with Gasteiger partial charge >= 0.3 is 0 Å². The minimum absolute atomic E-state index is 0.0946. The van der Waals surface area contributed by atoms with Gasteiger partial charge in [0.2, 0.25) is 0 Å². The highest BCUT2D eigenvalue weighted by atomic mass is 35.5. The van der Waals surface area contributed by atoms with E-state index in [4.69, 9.17) is 28.2 Å². The van der Waals surface area contributed by atoms with Gasteiger partial charge in [0.1, 0.15) is 11.5 Å². The third kappa shape index (κ3) is 1.95. The number of hydrogen-bond donors (Lipinski definition) is 2. The van der Waals surface area contributed by atoms with Crippen LogP contribution in [0.5, 0.6) is 0 Å². The van der Waals surface area contributed by atoms with Crippen LogP contribution in [0.2, 0.25) is 10.0 Å².